The second kappa shape index (κ2) is 23.2. The first-order chi connectivity index (χ1) is 1.00. The molecule has 34 valence electrons. The van der Waals surface area contributed by atoms with Crippen LogP contribution in [0.15, 0.2) is 0 Å². The Balaban J connectivity index is -0.000000000500. The summed E-state index contributed by atoms with van der Waals surface area (Å²) in [6.45, 7) is 0. The summed E-state index contributed by atoms with van der Waals surface area (Å²) in [5, 5.41) is 0. The predicted octanol–water partition coefficient (Wildman–Crippen LogP) is -0.277. The molecule has 0 aromatic heterocycles. The molecule has 0 fully saturated rings. The van der Waals surface area contributed by atoms with Crippen LogP contribution < -0.4 is 0 Å². The van der Waals surface area contributed by atoms with Crippen molar-refractivity contribution in [2.45, 2.75) is 0 Å². The van der Waals surface area contributed by atoms with Crippen molar-refractivity contribution >= 4 is 48.9 Å². The fourth-order valence-corrected chi connectivity index (χ4v) is 0. The average molecular weight is 521 g/mol. The smallest absolute Gasteiger partial charge is 0 e. The van der Waals surface area contributed by atoms with Gasteiger partial charge in [0.15, 0.2) is 0 Å². The molecule has 0 N–H and O–H groups in total. The quantitative estimate of drug-likeness (QED) is 0.402. The fourth-order valence-electron chi connectivity index (χ4n) is 0. The maximum Gasteiger partial charge on any atom is 0 e. The molecule has 0 bridgehead atoms. The largest absolute Gasteiger partial charge is 0 e. The Bertz CT molecular complexity index is 17.7. The summed E-state index contributed by atoms with van der Waals surface area (Å²) in [6.07, 6.45) is 0. The van der Waals surface area contributed by atoms with E-state index in [1.54, 1.807) is 0 Å². The van der Waals surface area contributed by atoms with Crippen LogP contribution in [-0.4, -0.2) is 48.9 Å². The van der Waals surface area contributed by atoms with E-state index in [0.29, 0.717) is 0 Å². The Morgan fingerprint density at radius 3 is 1.40 bits per heavy atom. The van der Waals surface area contributed by atoms with E-state index in [1.807, 2.05) is 0 Å². The van der Waals surface area contributed by atoms with E-state index in [4.69, 9.17) is 3.83 Å². The zero-order valence-corrected chi connectivity index (χ0v) is 12.6. The van der Waals surface area contributed by atoms with Gasteiger partial charge < -0.3 is 2.85 Å². The molecule has 1 nitrogen and oxygen atoms in total. The third kappa shape index (κ3) is 17.7. The Morgan fingerprint density at radius 1 is 1.40 bits per heavy atom. The summed E-state index contributed by atoms with van der Waals surface area (Å²) in [4.78, 5) is 0. The Kier molecular flexibility index (Phi) is 105. The molecule has 0 unspecified atom stereocenters. The van der Waals surface area contributed by atoms with Crippen molar-refractivity contribution in [3.05, 3.63) is 0 Å². The van der Waals surface area contributed by atoms with Gasteiger partial charge in [-0.15, -0.1) is 0 Å². The van der Waals surface area contributed by atoms with Crippen molar-refractivity contribution in [1.82, 2.24) is 0 Å². The van der Waals surface area contributed by atoms with Crippen LogP contribution in [0.2, 0.25) is 0 Å². The van der Waals surface area contributed by atoms with Gasteiger partial charge in [-0.1, -0.05) is 0 Å². The van der Waals surface area contributed by atoms with E-state index in [2.05, 4.69) is 15.9 Å². The third-order valence-corrected chi connectivity index (χ3v) is 0. The van der Waals surface area contributed by atoms with E-state index in [1.165, 1.54) is 0 Å². The summed E-state index contributed by atoms with van der Waals surface area (Å²) in [5.41, 5.74) is 0. The van der Waals surface area contributed by atoms with Crippen LogP contribution in [0.1, 0.15) is 2.85 Å². The molecule has 0 atom stereocenters. The van der Waals surface area contributed by atoms with Gasteiger partial charge >= 0.3 is 68.7 Å². The molecule has 5 heavy (non-hydrogen) atoms. The zero-order chi connectivity index (χ0) is 2.00. The predicted molar refractivity (Wildman–Crippen MR) is 8.66 cm³/mol. The minimum atomic E-state index is 0. The standard InChI is InChI=1S/Ba.Cu.Eu.O.Sm.2H/q+2;;;;;2*-1. The fraction of sp³-hybridized carbons (Fsp3) is 0. The summed E-state index contributed by atoms with van der Waals surface area (Å²) < 4.78 is 7.81. The van der Waals surface area contributed by atoms with Crippen molar-refractivity contribution in [2.75, 3.05) is 0 Å². The van der Waals surface area contributed by atoms with Gasteiger partial charge in [0.25, 0.3) is 0 Å². The van der Waals surface area contributed by atoms with E-state index in [9.17, 15) is 0 Å². The minimum Gasteiger partial charge on any atom is 0 e. The van der Waals surface area contributed by atoms with Gasteiger partial charge in [-0.2, -0.15) is 0 Å². The van der Waals surface area contributed by atoms with Crippen LogP contribution in [0.3, 0.4) is 0 Å². The molecule has 0 spiro atoms. The van der Waals surface area contributed by atoms with Gasteiger partial charge in [-0.3, -0.25) is 0 Å². The second-order valence-electron chi connectivity index (χ2n) is 0. The third-order valence-electron chi connectivity index (χ3n) is 0. The molecule has 0 aromatic carbocycles. The van der Waals surface area contributed by atoms with Gasteiger partial charge in [0.2, 0.25) is 0 Å². The topological polar surface area (TPSA) is 17.1 Å². The van der Waals surface area contributed by atoms with Crippen LogP contribution in [-0.2, 0) is 19.8 Å². The van der Waals surface area contributed by atoms with E-state index in [0.717, 1.165) is 0 Å². The first-order valence-electron chi connectivity index (χ1n) is 0.123. The maximum absolute atomic E-state index is 7.81. The first kappa shape index (κ1) is 22.6. The Labute approximate surface area is 156 Å². The zero-order valence-electron chi connectivity index (χ0n) is 4.20. The maximum atomic E-state index is 7.81. The SMILES string of the molecule is [Ba+2].[Eu].[H-].[H-].[O]=[Cu].[Sm]. The summed E-state index contributed by atoms with van der Waals surface area (Å²) in [5.74, 6) is 0. The van der Waals surface area contributed by atoms with E-state index >= 15 is 0 Å². The number of hydrogen-bond acceptors (Lipinski definition) is 1. The first-order valence-corrected chi connectivity index (χ1v) is 0.508. The molecule has 0 aliphatic rings. The van der Waals surface area contributed by atoms with Gasteiger partial charge in [0, 0.05) is 89.8 Å². The monoisotopic (exact) mass is 524 g/mol. The summed E-state index contributed by atoms with van der Waals surface area (Å²) in [6, 6.07) is 0. The number of rotatable bonds is 0. The van der Waals surface area contributed by atoms with Crippen LogP contribution >= 0.6 is 0 Å². The Hall–Kier alpha value is 4.81. The van der Waals surface area contributed by atoms with Crippen molar-refractivity contribution in [3.8, 4) is 0 Å². The van der Waals surface area contributed by atoms with Crippen LogP contribution in [0.4, 0.5) is 0 Å². The van der Waals surface area contributed by atoms with Crippen molar-refractivity contribution in [1.29, 1.82) is 0 Å². The number of hydrogen-bond donors (Lipinski definition) is 0. The summed E-state index contributed by atoms with van der Waals surface area (Å²) in [7, 11) is 0. The molecule has 5 heteroatoms. The minimum absolute atomic E-state index is 0. The van der Waals surface area contributed by atoms with E-state index < -0.39 is 0 Å². The Morgan fingerprint density at radius 2 is 1.40 bits per heavy atom. The molecule has 0 rings (SSSR count). The molecule has 0 aliphatic heterocycles. The molecular formula is H2BaCuEuOSm. The van der Waals surface area contributed by atoms with Gasteiger partial charge in [0.1, 0.15) is 0 Å². The second-order valence-corrected chi connectivity index (χ2v) is 0. The van der Waals surface area contributed by atoms with Crippen molar-refractivity contribution < 1.29 is 112 Å². The van der Waals surface area contributed by atoms with Crippen LogP contribution in [0.5, 0.6) is 0 Å². The van der Waals surface area contributed by atoms with Crippen LogP contribution in [0, 0.1) is 89.8 Å². The molecule has 0 heterocycles. The van der Waals surface area contributed by atoms with Crippen molar-refractivity contribution in [3.63, 3.8) is 0 Å². The van der Waals surface area contributed by atoms with Gasteiger partial charge in [0.05, 0.1) is 0 Å². The molecule has 0 amide bonds. The molecular weight excluding hydrogens is 519 g/mol. The molecule has 1 radical (unpaired) electrons. The molecule has 0 saturated heterocycles. The summed E-state index contributed by atoms with van der Waals surface area (Å²) >= 11 is 2.94. The van der Waals surface area contributed by atoms with Gasteiger partial charge in [-0.05, 0) is 0 Å². The van der Waals surface area contributed by atoms with E-state index in [-0.39, 0.29) is 141 Å². The van der Waals surface area contributed by atoms with Crippen molar-refractivity contribution in [2.24, 2.45) is 0 Å². The van der Waals surface area contributed by atoms with Crippen LogP contribution in [0.25, 0.3) is 0 Å². The van der Waals surface area contributed by atoms with Gasteiger partial charge in [-0.25, -0.2) is 0 Å². The molecule has 0 aromatic rings. The molecule has 0 saturated carbocycles. The normalized spacial score (nSPS) is 1.20. The average Bonchev–Trinajstić information content (AvgIpc) is 1.00. The molecule has 0 aliphatic carbocycles.